The van der Waals surface area contributed by atoms with E-state index in [9.17, 15) is 5.11 Å². The lowest BCUT2D eigenvalue weighted by Gasteiger charge is -2.20. The van der Waals surface area contributed by atoms with Gasteiger partial charge < -0.3 is 19.8 Å². The average molecular weight is 336 g/mol. The quantitative estimate of drug-likeness (QED) is 0.621. The molecule has 8 heteroatoms. The van der Waals surface area contributed by atoms with Crippen LogP contribution >= 0.6 is 0 Å². The molecule has 2 aromatic rings. The molecule has 0 aliphatic carbocycles. The molecule has 0 amide bonds. The first-order valence-corrected chi connectivity index (χ1v) is 8.42. The van der Waals surface area contributed by atoms with E-state index in [4.69, 9.17) is 9.84 Å². The molecule has 0 spiro atoms. The molecule has 2 aromatic heterocycles. The second-order valence-electron chi connectivity index (χ2n) is 6.69. The summed E-state index contributed by atoms with van der Waals surface area (Å²) in [5, 5.41) is 19.6. The molecule has 0 radical (unpaired) electrons. The molecule has 3 rings (SSSR count). The molecule has 3 heterocycles. The van der Waals surface area contributed by atoms with Crippen LogP contribution in [-0.2, 0) is 4.74 Å². The molecular formula is C16H26N5O3+. The van der Waals surface area contributed by atoms with Gasteiger partial charge in [-0.1, -0.05) is 6.92 Å². The molecule has 0 saturated carbocycles. The Morgan fingerprint density at radius 3 is 2.88 bits per heavy atom. The summed E-state index contributed by atoms with van der Waals surface area (Å²) in [6, 6.07) is 0. The third kappa shape index (κ3) is 3.14. The molecule has 132 valence electrons. The predicted molar refractivity (Wildman–Crippen MR) is 87.5 cm³/mol. The number of hydrogen-bond donors (Lipinski definition) is 3. The number of hydrogen-bond acceptors (Lipinski definition) is 6. The number of likely N-dealkylation sites (N-methyl/N-ethyl adjacent to an activating group) is 1. The highest BCUT2D eigenvalue weighted by molar-refractivity contribution is 5.72. The number of aryl methyl sites for hydroxylation is 1. The lowest BCUT2D eigenvalue weighted by Crippen LogP contribution is -3.10. The first-order valence-electron chi connectivity index (χ1n) is 8.42. The number of aliphatic hydroxyl groups excluding tert-OH is 2. The van der Waals surface area contributed by atoms with E-state index >= 15 is 0 Å². The molecule has 24 heavy (non-hydrogen) atoms. The zero-order valence-corrected chi connectivity index (χ0v) is 14.4. The Kier molecular flexibility index (Phi) is 5.09. The van der Waals surface area contributed by atoms with Gasteiger partial charge in [0.2, 0.25) is 0 Å². The maximum atomic E-state index is 10.7. The van der Waals surface area contributed by atoms with Crippen LogP contribution in [0.4, 0.5) is 0 Å². The van der Waals surface area contributed by atoms with Crippen LogP contribution < -0.4 is 4.90 Å². The van der Waals surface area contributed by atoms with E-state index in [-0.39, 0.29) is 18.6 Å². The van der Waals surface area contributed by atoms with Crippen molar-refractivity contribution in [3.63, 3.8) is 0 Å². The van der Waals surface area contributed by atoms with E-state index in [2.05, 4.69) is 22.0 Å². The van der Waals surface area contributed by atoms with Crippen molar-refractivity contribution >= 4 is 11.2 Å². The molecule has 2 unspecified atom stereocenters. The first kappa shape index (κ1) is 17.2. The molecule has 0 bridgehead atoms. The maximum Gasteiger partial charge on any atom is 0.165 e. The third-order valence-electron chi connectivity index (χ3n) is 4.86. The van der Waals surface area contributed by atoms with Crippen LogP contribution in [0, 0.1) is 12.8 Å². The number of imidazole rings is 1. The zero-order valence-electron chi connectivity index (χ0n) is 14.4. The Bertz CT molecular complexity index is 691. The molecule has 1 aliphatic heterocycles. The molecule has 8 nitrogen and oxygen atoms in total. The monoisotopic (exact) mass is 336 g/mol. The van der Waals surface area contributed by atoms with Crippen molar-refractivity contribution in [3.8, 4) is 0 Å². The highest BCUT2D eigenvalue weighted by Crippen LogP contribution is 2.34. The molecule has 3 N–H and O–H groups in total. The fraction of sp³-hybridized carbons (Fsp3) is 0.688. The normalized spacial score (nSPS) is 28.5. The minimum absolute atomic E-state index is 0.0134. The number of aromatic nitrogens is 4. The van der Waals surface area contributed by atoms with Crippen molar-refractivity contribution in [2.24, 2.45) is 5.92 Å². The number of nitrogens with zero attached hydrogens (tertiary/aromatic N) is 4. The minimum Gasteiger partial charge on any atom is -0.396 e. The Hall–Kier alpha value is -1.61. The third-order valence-corrected chi connectivity index (χ3v) is 4.86. The summed E-state index contributed by atoms with van der Waals surface area (Å²) in [6.07, 6.45) is 2.77. The summed E-state index contributed by atoms with van der Waals surface area (Å²) in [4.78, 5) is 14.1. The Morgan fingerprint density at radius 2 is 2.12 bits per heavy atom. The van der Waals surface area contributed by atoms with Gasteiger partial charge in [0.25, 0.3) is 0 Å². The molecule has 5 atom stereocenters. The fourth-order valence-electron chi connectivity index (χ4n) is 3.31. The highest BCUT2D eigenvalue weighted by Gasteiger charge is 2.43. The van der Waals surface area contributed by atoms with Crippen molar-refractivity contribution in [2.45, 2.75) is 38.7 Å². The van der Waals surface area contributed by atoms with E-state index in [0.717, 1.165) is 30.7 Å². The van der Waals surface area contributed by atoms with Gasteiger partial charge in [0.15, 0.2) is 11.9 Å². The lowest BCUT2D eigenvalue weighted by atomic mass is 10.00. The van der Waals surface area contributed by atoms with Gasteiger partial charge >= 0.3 is 0 Å². The molecular weight excluding hydrogens is 310 g/mol. The van der Waals surface area contributed by atoms with Gasteiger partial charge in [0.1, 0.15) is 30.6 Å². The summed E-state index contributed by atoms with van der Waals surface area (Å²) in [6.45, 7) is 5.76. The van der Waals surface area contributed by atoms with Gasteiger partial charge in [-0.05, 0) is 6.92 Å². The molecule has 1 saturated heterocycles. The van der Waals surface area contributed by atoms with Gasteiger partial charge in [0.05, 0.1) is 25.6 Å². The summed E-state index contributed by atoms with van der Waals surface area (Å²) < 4.78 is 7.96. The second kappa shape index (κ2) is 7.10. The molecule has 1 aliphatic rings. The maximum absolute atomic E-state index is 10.7. The van der Waals surface area contributed by atoms with Gasteiger partial charge in [-0.2, -0.15) is 0 Å². The largest absolute Gasteiger partial charge is 0.396 e. The first-order chi connectivity index (χ1) is 11.5. The Balaban J connectivity index is 1.78. The van der Waals surface area contributed by atoms with Gasteiger partial charge in [-0.3, -0.25) is 4.57 Å². The van der Waals surface area contributed by atoms with Crippen molar-refractivity contribution in [2.75, 3.05) is 26.7 Å². The average Bonchev–Trinajstić information content (AvgIpc) is 3.10. The van der Waals surface area contributed by atoms with Crippen LogP contribution in [0.2, 0.25) is 0 Å². The van der Waals surface area contributed by atoms with Crippen LogP contribution in [0.1, 0.15) is 25.3 Å². The summed E-state index contributed by atoms with van der Waals surface area (Å²) in [7, 11) is 2.08. The Labute approximate surface area is 141 Å². The standard InChI is InChI=1S/C16H25N5O3/c1-10-12(7-20(3)5-4-6-22)24-16(14(10)23)21-9-19-13-11(2)17-8-18-15(13)21/h8-10,12,14,16,22-23H,4-7H2,1-3H3/p+1/t10?,12-,14+,16-/m1/s1. The number of nitrogens with one attached hydrogen (secondary N) is 1. The van der Waals surface area contributed by atoms with Gasteiger partial charge in [-0.25, -0.2) is 15.0 Å². The van der Waals surface area contributed by atoms with Crippen molar-refractivity contribution in [1.29, 1.82) is 0 Å². The van der Waals surface area contributed by atoms with Gasteiger partial charge in [0, 0.05) is 18.9 Å². The minimum atomic E-state index is -0.617. The number of rotatable bonds is 6. The predicted octanol–water partition coefficient (Wildman–Crippen LogP) is -1.07. The number of aliphatic hydroxyl groups is 2. The van der Waals surface area contributed by atoms with E-state index < -0.39 is 12.3 Å². The van der Waals surface area contributed by atoms with E-state index in [1.165, 1.54) is 11.2 Å². The smallest absolute Gasteiger partial charge is 0.165 e. The van der Waals surface area contributed by atoms with E-state index in [1.807, 2.05) is 13.8 Å². The highest BCUT2D eigenvalue weighted by atomic mass is 16.5. The summed E-state index contributed by atoms with van der Waals surface area (Å²) in [5.41, 5.74) is 2.22. The molecule has 0 aromatic carbocycles. The van der Waals surface area contributed by atoms with E-state index in [0.29, 0.717) is 5.65 Å². The van der Waals surface area contributed by atoms with Crippen LogP contribution in [0.5, 0.6) is 0 Å². The zero-order chi connectivity index (χ0) is 17.3. The summed E-state index contributed by atoms with van der Waals surface area (Å²) in [5.74, 6) is 0.0134. The lowest BCUT2D eigenvalue weighted by molar-refractivity contribution is -0.883. The number of quaternary nitrogens is 1. The van der Waals surface area contributed by atoms with Crippen molar-refractivity contribution in [3.05, 3.63) is 18.3 Å². The van der Waals surface area contributed by atoms with Crippen LogP contribution in [0.3, 0.4) is 0 Å². The number of fused-ring (bicyclic) bond motifs is 1. The fourth-order valence-corrected chi connectivity index (χ4v) is 3.31. The molecule has 1 fully saturated rings. The van der Waals surface area contributed by atoms with Crippen LogP contribution in [0.15, 0.2) is 12.7 Å². The summed E-state index contributed by atoms with van der Waals surface area (Å²) >= 11 is 0. The Morgan fingerprint density at radius 1 is 1.33 bits per heavy atom. The topological polar surface area (TPSA) is 97.7 Å². The van der Waals surface area contributed by atoms with E-state index in [1.54, 1.807) is 10.9 Å². The van der Waals surface area contributed by atoms with Crippen LogP contribution in [0.25, 0.3) is 11.2 Å². The van der Waals surface area contributed by atoms with Gasteiger partial charge in [-0.15, -0.1) is 0 Å². The SMILES string of the molecule is Cc1ncnc2c1ncn2[C@@H]1O[C@H](C[NH+](C)CCCO)C(C)[C@@H]1O. The second-order valence-corrected chi connectivity index (χ2v) is 6.69. The van der Waals surface area contributed by atoms with Crippen molar-refractivity contribution in [1.82, 2.24) is 19.5 Å². The van der Waals surface area contributed by atoms with Crippen molar-refractivity contribution < 1.29 is 19.8 Å². The number of ether oxygens (including phenoxy) is 1. The van der Waals surface area contributed by atoms with Crippen LogP contribution in [-0.4, -0.2) is 68.7 Å².